The van der Waals surface area contributed by atoms with Crippen molar-refractivity contribution < 1.29 is 9.59 Å². The number of amides is 2. The van der Waals surface area contributed by atoms with Crippen LogP contribution in [0.15, 0.2) is 72.2 Å². The van der Waals surface area contributed by atoms with E-state index in [2.05, 4.69) is 33.7 Å². The van der Waals surface area contributed by atoms with Crippen LogP contribution in [0.5, 0.6) is 0 Å². The van der Waals surface area contributed by atoms with Gasteiger partial charge in [0, 0.05) is 31.4 Å². The molecule has 4 rings (SSSR count). The number of aromatic nitrogens is 3. The van der Waals surface area contributed by atoms with Crippen LogP contribution in [0.4, 0.5) is 5.69 Å². The van der Waals surface area contributed by atoms with Crippen LogP contribution in [-0.4, -0.2) is 50.3 Å². The Bertz CT molecular complexity index is 1110. The van der Waals surface area contributed by atoms with Gasteiger partial charge in [0.2, 0.25) is 5.91 Å². The highest BCUT2D eigenvalue weighted by Gasteiger charge is 2.19. The molecule has 1 N–H and O–H groups in total. The molecule has 0 saturated carbocycles. The number of carbonyl (C=O) groups excluding carboxylic acids is 2. The van der Waals surface area contributed by atoms with E-state index in [1.165, 1.54) is 22.9 Å². The van der Waals surface area contributed by atoms with Crippen LogP contribution in [0, 0.1) is 0 Å². The molecule has 0 spiro atoms. The second-order valence-corrected chi connectivity index (χ2v) is 8.18. The van der Waals surface area contributed by atoms with Crippen LogP contribution in [-0.2, 0) is 11.8 Å². The van der Waals surface area contributed by atoms with Crippen LogP contribution in [0.2, 0.25) is 0 Å². The molecule has 3 aromatic rings. The second-order valence-electron chi connectivity index (χ2n) is 7.24. The zero-order chi connectivity index (χ0) is 21.6. The fourth-order valence-electron chi connectivity index (χ4n) is 3.41. The Labute approximate surface area is 185 Å². The van der Waals surface area contributed by atoms with Gasteiger partial charge in [0.25, 0.3) is 5.91 Å². The maximum atomic E-state index is 13.0. The number of nitrogens with zero attached hydrogens (tertiary/aromatic N) is 4. The Balaban J connectivity index is 1.35. The fourth-order valence-corrected chi connectivity index (χ4v) is 4.10. The van der Waals surface area contributed by atoms with Crippen LogP contribution in [0.3, 0.4) is 0 Å². The molecule has 31 heavy (non-hydrogen) atoms. The summed E-state index contributed by atoms with van der Waals surface area (Å²) in [5.74, 6) is 0.0168. The third-order valence-electron chi connectivity index (χ3n) is 5.04. The lowest BCUT2D eigenvalue weighted by atomic mass is 9.99. The highest BCUT2D eigenvalue weighted by molar-refractivity contribution is 7.99. The summed E-state index contributed by atoms with van der Waals surface area (Å²) in [6.07, 6.45) is 4.53. The summed E-state index contributed by atoms with van der Waals surface area (Å²) in [5, 5.41) is 11.3. The number of rotatable bonds is 6. The minimum absolute atomic E-state index is 0.0343. The van der Waals surface area contributed by atoms with Gasteiger partial charge in [-0.05, 0) is 35.8 Å². The molecule has 0 unspecified atom stereocenters. The Kier molecular flexibility index (Phi) is 6.47. The maximum absolute atomic E-state index is 13.0. The number of carbonyl (C=O) groups is 2. The molecule has 8 heteroatoms. The molecule has 2 aromatic carbocycles. The normalized spacial score (nSPS) is 13.6. The standard InChI is InChI=1S/C23H23N5O2S/c1-27-16-24-26-23(27)31-15-21(29)25-20-9-5-8-19(14-20)22(30)28-12-10-18(11-13-28)17-6-3-2-4-7-17/h2-10,14,16H,11-13,15H2,1H3,(H,25,29). The van der Waals surface area contributed by atoms with E-state index in [1.54, 1.807) is 35.2 Å². The summed E-state index contributed by atoms with van der Waals surface area (Å²) in [5.41, 5.74) is 3.65. The monoisotopic (exact) mass is 433 g/mol. The smallest absolute Gasteiger partial charge is 0.254 e. The molecular weight excluding hydrogens is 410 g/mol. The molecule has 2 heterocycles. The number of benzene rings is 2. The Morgan fingerprint density at radius 1 is 1.13 bits per heavy atom. The molecular formula is C23H23N5O2S. The predicted octanol–water partition coefficient (Wildman–Crippen LogP) is 3.48. The molecule has 0 bridgehead atoms. The van der Waals surface area contributed by atoms with E-state index in [4.69, 9.17) is 0 Å². The van der Waals surface area contributed by atoms with Crippen LogP contribution >= 0.6 is 11.8 Å². The van der Waals surface area contributed by atoms with Gasteiger partial charge in [0.1, 0.15) is 6.33 Å². The van der Waals surface area contributed by atoms with Gasteiger partial charge in [0.15, 0.2) is 5.16 Å². The lowest BCUT2D eigenvalue weighted by molar-refractivity contribution is -0.113. The van der Waals surface area contributed by atoms with Crippen LogP contribution in [0.25, 0.3) is 5.57 Å². The third kappa shape index (κ3) is 5.21. The lowest BCUT2D eigenvalue weighted by Crippen LogP contribution is -2.34. The van der Waals surface area contributed by atoms with E-state index in [0.717, 1.165) is 6.42 Å². The van der Waals surface area contributed by atoms with E-state index in [0.29, 0.717) is 29.5 Å². The van der Waals surface area contributed by atoms with Crippen molar-refractivity contribution >= 4 is 34.8 Å². The maximum Gasteiger partial charge on any atom is 0.254 e. The van der Waals surface area contributed by atoms with E-state index < -0.39 is 0 Å². The number of aryl methyl sites for hydroxylation is 1. The first-order chi connectivity index (χ1) is 15.1. The molecule has 0 saturated heterocycles. The molecule has 1 aliphatic heterocycles. The Morgan fingerprint density at radius 2 is 1.97 bits per heavy atom. The summed E-state index contributed by atoms with van der Waals surface area (Å²) < 4.78 is 1.76. The van der Waals surface area contributed by atoms with Gasteiger partial charge >= 0.3 is 0 Å². The minimum Gasteiger partial charge on any atom is -0.335 e. The highest BCUT2D eigenvalue weighted by Crippen LogP contribution is 2.23. The van der Waals surface area contributed by atoms with Crippen LogP contribution < -0.4 is 5.32 Å². The number of hydrogen-bond acceptors (Lipinski definition) is 5. The summed E-state index contributed by atoms with van der Waals surface area (Å²) in [7, 11) is 1.83. The van der Waals surface area contributed by atoms with Gasteiger partial charge in [-0.2, -0.15) is 0 Å². The Hall–Kier alpha value is -3.39. The molecule has 1 aromatic heterocycles. The minimum atomic E-state index is -0.161. The van der Waals surface area contributed by atoms with Crippen molar-refractivity contribution in [3.05, 3.63) is 78.1 Å². The van der Waals surface area contributed by atoms with Gasteiger partial charge in [-0.15, -0.1) is 10.2 Å². The molecule has 0 atom stereocenters. The molecule has 1 aliphatic rings. The van der Waals surface area contributed by atoms with E-state index >= 15 is 0 Å². The van der Waals surface area contributed by atoms with E-state index in [9.17, 15) is 9.59 Å². The molecule has 0 radical (unpaired) electrons. The van der Waals surface area contributed by atoms with Crippen molar-refractivity contribution in [2.75, 3.05) is 24.2 Å². The summed E-state index contributed by atoms with van der Waals surface area (Å²) in [4.78, 5) is 27.1. The van der Waals surface area contributed by atoms with Gasteiger partial charge in [-0.25, -0.2) is 0 Å². The van der Waals surface area contributed by atoms with Gasteiger partial charge in [0.05, 0.1) is 5.75 Å². The van der Waals surface area contributed by atoms with Crippen molar-refractivity contribution in [3.63, 3.8) is 0 Å². The zero-order valence-electron chi connectivity index (χ0n) is 17.2. The Morgan fingerprint density at radius 3 is 2.68 bits per heavy atom. The quantitative estimate of drug-likeness (QED) is 0.602. The average molecular weight is 434 g/mol. The molecule has 7 nitrogen and oxygen atoms in total. The first-order valence-corrected chi connectivity index (χ1v) is 11.0. The van der Waals surface area contributed by atoms with Gasteiger partial charge in [-0.3, -0.25) is 9.59 Å². The lowest BCUT2D eigenvalue weighted by Gasteiger charge is -2.27. The summed E-state index contributed by atoms with van der Waals surface area (Å²) in [6, 6.07) is 17.3. The number of nitrogens with one attached hydrogen (secondary N) is 1. The molecule has 0 aliphatic carbocycles. The van der Waals surface area contributed by atoms with E-state index in [1.807, 2.05) is 30.1 Å². The topological polar surface area (TPSA) is 80.1 Å². The zero-order valence-corrected chi connectivity index (χ0v) is 18.0. The number of thioether (sulfide) groups is 1. The highest BCUT2D eigenvalue weighted by atomic mass is 32.2. The second kappa shape index (κ2) is 9.61. The third-order valence-corrected chi connectivity index (χ3v) is 6.07. The van der Waals surface area contributed by atoms with Crippen molar-refractivity contribution in [1.29, 1.82) is 0 Å². The first-order valence-electron chi connectivity index (χ1n) is 10.0. The molecule has 0 fully saturated rings. The van der Waals surface area contributed by atoms with E-state index in [-0.39, 0.29) is 17.6 Å². The number of anilines is 1. The fraction of sp³-hybridized carbons (Fsp3) is 0.217. The SMILES string of the molecule is Cn1cnnc1SCC(=O)Nc1cccc(C(=O)N2CC=C(c3ccccc3)CC2)c1. The summed E-state index contributed by atoms with van der Waals surface area (Å²) in [6.45, 7) is 1.25. The first kappa shape index (κ1) is 20.9. The predicted molar refractivity (Wildman–Crippen MR) is 122 cm³/mol. The van der Waals surface area contributed by atoms with Crippen molar-refractivity contribution in [1.82, 2.24) is 19.7 Å². The average Bonchev–Trinajstić information content (AvgIpc) is 3.23. The molecule has 2 amide bonds. The van der Waals surface area contributed by atoms with Crippen LogP contribution in [0.1, 0.15) is 22.3 Å². The van der Waals surface area contributed by atoms with Crippen molar-refractivity contribution in [3.8, 4) is 0 Å². The largest absolute Gasteiger partial charge is 0.335 e. The van der Waals surface area contributed by atoms with Gasteiger partial charge < -0.3 is 14.8 Å². The van der Waals surface area contributed by atoms with Crippen molar-refractivity contribution in [2.24, 2.45) is 7.05 Å². The molecule has 158 valence electrons. The summed E-state index contributed by atoms with van der Waals surface area (Å²) >= 11 is 1.31. The number of hydrogen-bond donors (Lipinski definition) is 1. The van der Waals surface area contributed by atoms with Gasteiger partial charge in [-0.1, -0.05) is 54.2 Å². The van der Waals surface area contributed by atoms with Crippen molar-refractivity contribution in [2.45, 2.75) is 11.6 Å².